The third-order valence-electron chi connectivity index (χ3n) is 1.82. The summed E-state index contributed by atoms with van der Waals surface area (Å²) in [6, 6.07) is 0.598. The molecule has 0 aromatic carbocycles. The fourth-order valence-corrected chi connectivity index (χ4v) is 0.842. The number of aliphatic hydroxyl groups is 1. The molecule has 0 spiro atoms. The largest absolute Gasteiger partial charge is 0.421 e. The monoisotopic (exact) mass is 209 g/mol. The highest BCUT2D eigenvalue weighted by Crippen LogP contribution is 2.38. The molecule has 0 aliphatic rings. The van der Waals surface area contributed by atoms with Gasteiger partial charge in [0.1, 0.15) is 5.82 Å². The molecule has 1 aromatic heterocycles. The van der Waals surface area contributed by atoms with E-state index in [0.29, 0.717) is 13.0 Å². The van der Waals surface area contributed by atoms with E-state index in [4.69, 9.17) is 5.11 Å². The Bertz CT molecular complexity index is 334. The van der Waals surface area contributed by atoms with Gasteiger partial charge in [-0.1, -0.05) is 0 Å². The number of rotatable bonds is 1. The second-order valence-electron chi connectivity index (χ2n) is 2.96. The highest BCUT2D eigenvalue weighted by Gasteiger charge is 2.51. The summed E-state index contributed by atoms with van der Waals surface area (Å²) in [7, 11) is 0. The number of alkyl halides is 3. The molecule has 0 fully saturated rings. The van der Waals surface area contributed by atoms with Crippen molar-refractivity contribution in [2.45, 2.75) is 18.7 Å². The van der Waals surface area contributed by atoms with Gasteiger partial charge in [0.25, 0.3) is 0 Å². The molecule has 0 saturated carbocycles. The van der Waals surface area contributed by atoms with Crippen molar-refractivity contribution in [3.8, 4) is 0 Å². The molecule has 0 amide bonds. The lowest BCUT2D eigenvalue weighted by Crippen LogP contribution is -2.39. The second kappa shape index (κ2) is 3.20. The third-order valence-corrected chi connectivity index (χ3v) is 1.82. The molecule has 1 atom stereocenters. The van der Waals surface area contributed by atoms with E-state index in [-0.39, 0.29) is 0 Å². The summed E-state index contributed by atoms with van der Waals surface area (Å²) in [6.45, 7) is 0.545. The Morgan fingerprint density at radius 3 is 2.29 bits per heavy atom. The minimum atomic E-state index is -4.86. The Hall–Kier alpha value is -1.17. The van der Waals surface area contributed by atoms with Crippen LogP contribution in [0.2, 0.25) is 0 Å². The summed E-state index contributed by atoms with van der Waals surface area (Å²) < 4.78 is 49.3. The maximum absolute atomic E-state index is 12.5. The van der Waals surface area contributed by atoms with Crippen molar-refractivity contribution in [1.29, 1.82) is 0 Å². The van der Waals surface area contributed by atoms with E-state index in [1.54, 1.807) is 0 Å². The maximum atomic E-state index is 12.5. The van der Waals surface area contributed by atoms with Crippen molar-refractivity contribution >= 4 is 0 Å². The first-order valence-corrected chi connectivity index (χ1v) is 3.65. The number of halogens is 4. The Balaban J connectivity index is 3.16. The highest BCUT2D eigenvalue weighted by atomic mass is 19.4. The first kappa shape index (κ1) is 10.9. The topological polar surface area (TPSA) is 33.1 Å². The van der Waals surface area contributed by atoms with Crippen molar-refractivity contribution in [2.75, 3.05) is 0 Å². The molecule has 0 aliphatic carbocycles. The minimum Gasteiger partial charge on any atom is -0.376 e. The van der Waals surface area contributed by atoms with Crippen LogP contribution < -0.4 is 0 Å². The van der Waals surface area contributed by atoms with Crippen LogP contribution >= 0.6 is 0 Å². The van der Waals surface area contributed by atoms with Crippen LogP contribution in [0.15, 0.2) is 18.5 Å². The molecule has 6 heteroatoms. The Morgan fingerprint density at radius 2 is 1.86 bits per heavy atom. The van der Waals surface area contributed by atoms with Gasteiger partial charge in [-0.15, -0.1) is 0 Å². The van der Waals surface area contributed by atoms with E-state index >= 15 is 0 Å². The standard InChI is InChI=1S/C8H7F4NO/c1-7(14,8(10,11)12)5-2-6(9)4-13-3-5/h2-4,14H,1H3. The molecule has 2 nitrogen and oxygen atoms in total. The zero-order chi connectivity index (χ0) is 11.0. The zero-order valence-electron chi connectivity index (χ0n) is 7.14. The quantitative estimate of drug-likeness (QED) is 0.717. The summed E-state index contributed by atoms with van der Waals surface area (Å²) in [5.41, 5.74) is -3.70. The SMILES string of the molecule is CC(O)(c1cncc(F)c1)C(F)(F)F. The van der Waals surface area contributed by atoms with Gasteiger partial charge in [-0.2, -0.15) is 13.2 Å². The average Bonchev–Trinajstić information content (AvgIpc) is 2.02. The molecule has 1 heterocycles. The number of hydrogen-bond acceptors (Lipinski definition) is 2. The van der Waals surface area contributed by atoms with Crippen LogP contribution in [0, 0.1) is 5.82 Å². The molecule has 0 aliphatic heterocycles. The van der Waals surface area contributed by atoms with Crippen LogP contribution in [0.3, 0.4) is 0 Å². The molecule has 1 unspecified atom stereocenters. The summed E-state index contributed by atoms with van der Waals surface area (Å²) in [5, 5.41) is 9.12. The Morgan fingerprint density at radius 1 is 1.29 bits per heavy atom. The molecule has 0 saturated heterocycles. The van der Waals surface area contributed by atoms with Crippen LogP contribution in [-0.4, -0.2) is 16.3 Å². The van der Waals surface area contributed by atoms with Crippen molar-refractivity contribution in [2.24, 2.45) is 0 Å². The number of hydrogen-bond donors (Lipinski definition) is 1. The van der Waals surface area contributed by atoms with E-state index in [2.05, 4.69) is 4.98 Å². The van der Waals surface area contributed by atoms with E-state index < -0.39 is 23.2 Å². The fourth-order valence-electron chi connectivity index (χ4n) is 0.842. The molecule has 1 N–H and O–H groups in total. The van der Waals surface area contributed by atoms with Gasteiger partial charge in [0.05, 0.1) is 6.20 Å². The first-order chi connectivity index (χ1) is 6.25. The third kappa shape index (κ3) is 1.84. The average molecular weight is 209 g/mol. The van der Waals surface area contributed by atoms with Gasteiger partial charge in [0.15, 0.2) is 5.60 Å². The zero-order valence-corrected chi connectivity index (χ0v) is 7.14. The Labute approximate surface area is 77.2 Å². The predicted octanol–water partition coefficient (Wildman–Crippen LogP) is 1.99. The lowest BCUT2D eigenvalue weighted by Gasteiger charge is -2.26. The van der Waals surface area contributed by atoms with E-state index in [1.165, 1.54) is 0 Å². The summed E-state index contributed by atoms with van der Waals surface area (Å²) >= 11 is 0. The van der Waals surface area contributed by atoms with Gasteiger partial charge in [0.2, 0.25) is 0 Å². The molecule has 1 aromatic rings. The second-order valence-corrected chi connectivity index (χ2v) is 2.96. The normalized spacial score (nSPS) is 16.4. The van der Waals surface area contributed by atoms with Crippen LogP contribution in [0.4, 0.5) is 17.6 Å². The Kier molecular flexibility index (Phi) is 2.49. The van der Waals surface area contributed by atoms with Gasteiger partial charge in [-0.25, -0.2) is 4.39 Å². The van der Waals surface area contributed by atoms with Crippen molar-refractivity contribution in [3.05, 3.63) is 29.8 Å². The van der Waals surface area contributed by atoms with Crippen molar-refractivity contribution in [1.82, 2.24) is 4.98 Å². The van der Waals surface area contributed by atoms with Crippen LogP contribution in [0.5, 0.6) is 0 Å². The van der Waals surface area contributed by atoms with Crippen LogP contribution in [0.25, 0.3) is 0 Å². The highest BCUT2D eigenvalue weighted by molar-refractivity contribution is 5.19. The maximum Gasteiger partial charge on any atom is 0.421 e. The summed E-state index contributed by atoms with van der Waals surface area (Å²) in [4.78, 5) is 3.23. The molecule has 1 rings (SSSR count). The number of aromatic nitrogens is 1. The lowest BCUT2D eigenvalue weighted by molar-refractivity contribution is -0.259. The molecule has 0 radical (unpaired) electrons. The van der Waals surface area contributed by atoms with Gasteiger partial charge in [0, 0.05) is 11.8 Å². The predicted molar refractivity (Wildman–Crippen MR) is 39.8 cm³/mol. The van der Waals surface area contributed by atoms with Crippen LogP contribution in [0.1, 0.15) is 12.5 Å². The smallest absolute Gasteiger partial charge is 0.376 e. The van der Waals surface area contributed by atoms with Gasteiger partial charge < -0.3 is 5.11 Å². The van der Waals surface area contributed by atoms with Crippen molar-refractivity contribution in [3.63, 3.8) is 0 Å². The molecular formula is C8H7F4NO. The van der Waals surface area contributed by atoms with Gasteiger partial charge in [-0.05, 0) is 13.0 Å². The van der Waals surface area contributed by atoms with E-state index in [1.807, 2.05) is 0 Å². The van der Waals surface area contributed by atoms with Gasteiger partial charge >= 0.3 is 6.18 Å². The lowest BCUT2D eigenvalue weighted by atomic mass is 9.97. The van der Waals surface area contributed by atoms with Gasteiger partial charge in [-0.3, -0.25) is 4.98 Å². The molecular weight excluding hydrogens is 202 g/mol. The van der Waals surface area contributed by atoms with E-state index in [0.717, 1.165) is 12.4 Å². The first-order valence-electron chi connectivity index (χ1n) is 3.65. The number of nitrogens with zero attached hydrogens (tertiary/aromatic N) is 1. The fraction of sp³-hybridized carbons (Fsp3) is 0.375. The minimum absolute atomic E-state index is 0.545. The van der Waals surface area contributed by atoms with Crippen LogP contribution in [-0.2, 0) is 5.60 Å². The van der Waals surface area contributed by atoms with E-state index in [9.17, 15) is 17.6 Å². The van der Waals surface area contributed by atoms with Crippen molar-refractivity contribution < 1.29 is 22.7 Å². The number of pyridine rings is 1. The molecule has 14 heavy (non-hydrogen) atoms. The molecule has 0 bridgehead atoms. The molecule has 78 valence electrons. The summed E-state index contributed by atoms with van der Waals surface area (Å²) in [5.74, 6) is -0.924. The summed E-state index contributed by atoms with van der Waals surface area (Å²) in [6.07, 6.45) is -3.32.